The highest BCUT2D eigenvalue weighted by atomic mass is 35.5. The van der Waals surface area contributed by atoms with E-state index < -0.39 is 11.9 Å². The van der Waals surface area contributed by atoms with E-state index in [1.807, 2.05) is 70.2 Å². The van der Waals surface area contributed by atoms with E-state index in [4.69, 9.17) is 11.6 Å². The summed E-state index contributed by atoms with van der Waals surface area (Å²) >= 11 is 6.63. The quantitative estimate of drug-likeness (QED) is 0.270. The van der Waals surface area contributed by atoms with Gasteiger partial charge >= 0.3 is 12.0 Å². The second kappa shape index (κ2) is 10.1. The van der Waals surface area contributed by atoms with Crippen LogP contribution in [0.5, 0.6) is 0 Å². The molecule has 0 unspecified atom stereocenters. The summed E-state index contributed by atoms with van der Waals surface area (Å²) in [6.45, 7) is 9.45. The smallest absolute Gasteiger partial charge is 0.296 e. The molecule has 2 aromatic carbocycles. The van der Waals surface area contributed by atoms with E-state index in [0.29, 0.717) is 24.0 Å². The van der Waals surface area contributed by atoms with Crippen LogP contribution in [0.4, 0.5) is 13.2 Å². The highest BCUT2D eigenvalue weighted by molar-refractivity contribution is 6.29. The summed E-state index contributed by atoms with van der Waals surface area (Å²) in [5.74, 6) is 0.298. The molecule has 0 saturated carbocycles. The van der Waals surface area contributed by atoms with Crippen LogP contribution in [0.25, 0.3) is 11.5 Å². The Hall–Kier alpha value is -2.77. The second-order valence-electron chi connectivity index (χ2n) is 9.18. The first-order chi connectivity index (χ1) is 16.6. The Morgan fingerprint density at radius 3 is 2.29 bits per heavy atom. The molecule has 0 radical (unpaired) electrons. The molecule has 4 aromatic rings. The lowest BCUT2D eigenvalue weighted by atomic mass is 10.1. The van der Waals surface area contributed by atoms with E-state index in [1.165, 1.54) is 0 Å². The third-order valence-electron chi connectivity index (χ3n) is 6.32. The van der Waals surface area contributed by atoms with Crippen molar-refractivity contribution in [2.75, 3.05) is 13.1 Å². The number of aryl methyl sites for hydroxylation is 3. The number of aromatic nitrogens is 3. The highest BCUT2D eigenvalue weighted by Crippen LogP contribution is 2.33. The van der Waals surface area contributed by atoms with Crippen molar-refractivity contribution < 1.29 is 17.6 Å². The number of rotatable bonds is 8. The molecule has 4 nitrogen and oxygen atoms in total. The van der Waals surface area contributed by atoms with Crippen LogP contribution >= 0.6 is 11.6 Å². The monoisotopic (exact) mass is 503 g/mol. The average molecular weight is 504 g/mol. The van der Waals surface area contributed by atoms with Crippen LogP contribution in [-0.2, 0) is 19.1 Å². The zero-order chi connectivity index (χ0) is 25.3. The van der Waals surface area contributed by atoms with Crippen molar-refractivity contribution in [3.8, 4) is 5.69 Å². The van der Waals surface area contributed by atoms with E-state index in [9.17, 15) is 13.2 Å². The van der Waals surface area contributed by atoms with E-state index in [-0.39, 0.29) is 12.2 Å². The van der Waals surface area contributed by atoms with Crippen molar-refractivity contribution in [2.24, 2.45) is 0 Å². The van der Waals surface area contributed by atoms with Crippen molar-refractivity contribution in [3.05, 3.63) is 87.5 Å². The number of halogens is 4. The molecule has 0 aliphatic rings. The zero-order valence-electron chi connectivity index (χ0n) is 20.5. The largest absolute Gasteiger partial charge is 0.449 e. The normalized spacial score (nSPS) is 12.3. The van der Waals surface area contributed by atoms with E-state index in [1.54, 1.807) is 15.2 Å². The van der Waals surface area contributed by atoms with Gasteiger partial charge in [0.2, 0.25) is 10.8 Å². The minimum absolute atomic E-state index is 0.159. The lowest BCUT2D eigenvalue weighted by Crippen LogP contribution is -2.34. The molecule has 1 N–H and O–H groups in total. The Balaban J connectivity index is 1.79. The molecular formula is C27H31ClF3N4+. The van der Waals surface area contributed by atoms with Crippen LogP contribution in [0, 0.1) is 20.8 Å². The number of imidazole rings is 2. The van der Waals surface area contributed by atoms with Gasteiger partial charge in [-0.1, -0.05) is 55.0 Å². The van der Waals surface area contributed by atoms with Gasteiger partial charge in [-0.2, -0.15) is 22.1 Å². The Morgan fingerprint density at radius 1 is 1.03 bits per heavy atom. The number of nitrogens with one attached hydrogen (secondary N) is 1. The first-order valence-electron chi connectivity index (χ1n) is 11.8. The summed E-state index contributed by atoms with van der Waals surface area (Å²) in [5, 5.41) is 0.354. The molecule has 0 aliphatic heterocycles. The Morgan fingerprint density at radius 2 is 1.69 bits per heavy atom. The fraction of sp³-hybridized carbons (Fsp3) is 0.370. The minimum Gasteiger partial charge on any atom is -0.296 e. The molecule has 2 heterocycles. The third-order valence-corrected chi connectivity index (χ3v) is 6.59. The molecule has 0 bridgehead atoms. The predicted molar refractivity (Wildman–Crippen MR) is 133 cm³/mol. The molecule has 0 fully saturated rings. The molecule has 0 spiro atoms. The van der Waals surface area contributed by atoms with Gasteiger partial charge in [0, 0.05) is 6.54 Å². The standard InChI is InChI=1S/C27H30ClF3N4/c1-5-12-33(13-11-21-9-7-6-8-10-21)16-22-25(27(29,30)31)32-26-34(22)17-23(28)35(26)24-19(3)14-18(2)15-20(24)4/h6-10,14-15,17H,5,11-13,16H2,1-4H3/p+1. The number of H-pyrrole nitrogens is 1. The number of aromatic amines is 1. The zero-order valence-corrected chi connectivity index (χ0v) is 21.3. The number of hydrogen-bond donors (Lipinski definition) is 1. The van der Waals surface area contributed by atoms with Gasteiger partial charge in [-0.3, -0.25) is 4.90 Å². The van der Waals surface area contributed by atoms with Gasteiger partial charge in [0.15, 0.2) is 0 Å². The molecule has 2 aromatic heterocycles. The fourth-order valence-corrected chi connectivity index (χ4v) is 5.18. The molecule has 0 atom stereocenters. The summed E-state index contributed by atoms with van der Waals surface area (Å²) in [5.41, 5.74) is 4.37. The maximum atomic E-state index is 14.2. The van der Waals surface area contributed by atoms with E-state index >= 15 is 0 Å². The van der Waals surface area contributed by atoms with E-state index in [2.05, 4.69) is 9.88 Å². The van der Waals surface area contributed by atoms with Crippen LogP contribution in [0.1, 0.15) is 47.0 Å². The van der Waals surface area contributed by atoms with Crippen LogP contribution in [0.3, 0.4) is 0 Å². The lowest BCUT2D eigenvalue weighted by Gasteiger charge is -2.21. The molecule has 0 aliphatic carbocycles. The summed E-state index contributed by atoms with van der Waals surface area (Å²) in [6, 6.07) is 14.0. The third kappa shape index (κ3) is 5.26. The van der Waals surface area contributed by atoms with Crippen LogP contribution < -0.4 is 4.40 Å². The number of hydrogen-bond acceptors (Lipinski definition) is 1. The van der Waals surface area contributed by atoms with Gasteiger partial charge in [0.25, 0.3) is 0 Å². The van der Waals surface area contributed by atoms with Gasteiger partial charge in [-0.15, -0.1) is 0 Å². The van der Waals surface area contributed by atoms with Crippen molar-refractivity contribution >= 4 is 17.4 Å². The van der Waals surface area contributed by atoms with E-state index in [0.717, 1.165) is 40.8 Å². The summed E-state index contributed by atoms with van der Waals surface area (Å²) in [7, 11) is 0. The summed E-state index contributed by atoms with van der Waals surface area (Å²) in [6.07, 6.45) is -1.33. The van der Waals surface area contributed by atoms with Crippen LogP contribution in [0.2, 0.25) is 5.15 Å². The number of benzene rings is 2. The SMILES string of the molecule is CCCN(CCc1ccccc1)Cc1c(C(F)(F)F)[nH]c2n(-c3c(C)cc(C)cc3C)c(Cl)c[n+]12. The molecular weight excluding hydrogens is 473 g/mol. The van der Waals surface area contributed by atoms with Crippen molar-refractivity contribution in [2.45, 2.75) is 53.3 Å². The maximum Gasteiger partial charge on any atom is 0.449 e. The number of nitrogens with zero attached hydrogens (tertiary/aromatic N) is 3. The molecule has 186 valence electrons. The Labute approximate surface area is 209 Å². The molecule has 0 amide bonds. The topological polar surface area (TPSA) is 28.1 Å². The van der Waals surface area contributed by atoms with Crippen LogP contribution in [-0.4, -0.2) is 27.5 Å². The number of alkyl halides is 3. The van der Waals surface area contributed by atoms with Gasteiger partial charge < -0.3 is 0 Å². The highest BCUT2D eigenvalue weighted by Gasteiger charge is 2.42. The molecule has 8 heteroatoms. The average Bonchev–Trinajstić information content (AvgIpc) is 3.28. The molecule has 35 heavy (non-hydrogen) atoms. The van der Waals surface area contributed by atoms with Crippen molar-refractivity contribution in [1.29, 1.82) is 0 Å². The number of fused-ring (bicyclic) bond motifs is 1. The molecule has 4 rings (SSSR count). The van der Waals surface area contributed by atoms with Gasteiger partial charge in [-0.25, -0.2) is 4.98 Å². The predicted octanol–water partition coefficient (Wildman–Crippen LogP) is 6.60. The molecule has 0 saturated heterocycles. The minimum atomic E-state index is -4.52. The summed E-state index contributed by atoms with van der Waals surface area (Å²) < 4.78 is 45.8. The first kappa shape index (κ1) is 25.3. The van der Waals surface area contributed by atoms with Gasteiger partial charge in [0.05, 0.1) is 6.54 Å². The lowest BCUT2D eigenvalue weighted by molar-refractivity contribution is -0.520. The van der Waals surface area contributed by atoms with Gasteiger partial charge in [-0.05, 0) is 68.4 Å². The Kier molecular flexibility index (Phi) is 7.29. The summed E-state index contributed by atoms with van der Waals surface area (Å²) in [4.78, 5) is 4.75. The van der Waals surface area contributed by atoms with Gasteiger partial charge in [0.1, 0.15) is 17.6 Å². The first-order valence-corrected chi connectivity index (χ1v) is 12.2. The van der Waals surface area contributed by atoms with Crippen LogP contribution in [0.15, 0.2) is 48.7 Å². The maximum absolute atomic E-state index is 14.2. The van der Waals surface area contributed by atoms with Crippen molar-refractivity contribution in [3.63, 3.8) is 0 Å². The Bertz CT molecular complexity index is 1300. The second-order valence-corrected chi connectivity index (χ2v) is 9.57. The fourth-order valence-electron chi connectivity index (χ4n) is 4.92. The van der Waals surface area contributed by atoms with Crippen molar-refractivity contribution in [1.82, 2.24) is 14.5 Å².